The van der Waals surface area contributed by atoms with Crippen LogP contribution in [0.4, 0.5) is 0 Å². The molecule has 3 aromatic rings. The molecular formula is C25H30ClNO6S. The summed E-state index contributed by atoms with van der Waals surface area (Å²) in [5, 5.41) is 13.2. The van der Waals surface area contributed by atoms with Crippen LogP contribution < -0.4 is 19.5 Å². The minimum atomic E-state index is -3.68. The number of aliphatic hydroxyl groups excluding tert-OH is 1. The Morgan fingerprint density at radius 3 is 2.18 bits per heavy atom. The van der Waals surface area contributed by atoms with E-state index in [0.29, 0.717) is 31.0 Å². The lowest BCUT2D eigenvalue weighted by atomic mass is 10.1. The largest absolute Gasteiger partial charge is 0.493 e. The molecule has 3 rings (SSSR count). The van der Waals surface area contributed by atoms with Gasteiger partial charge < -0.3 is 24.6 Å². The lowest BCUT2D eigenvalue weighted by Gasteiger charge is -2.13. The van der Waals surface area contributed by atoms with Crippen LogP contribution in [0.3, 0.4) is 0 Å². The molecular weight excluding hydrogens is 478 g/mol. The van der Waals surface area contributed by atoms with Gasteiger partial charge in [-0.2, -0.15) is 0 Å². The van der Waals surface area contributed by atoms with Crippen LogP contribution in [0.5, 0.6) is 17.2 Å². The van der Waals surface area contributed by atoms with E-state index in [-0.39, 0.29) is 28.8 Å². The molecule has 0 radical (unpaired) electrons. The second kappa shape index (κ2) is 13.2. The molecule has 7 nitrogen and oxygen atoms in total. The molecule has 0 aliphatic heterocycles. The molecule has 1 unspecified atom stereocenters. The highest BCUT2D eigenvalue weighted by atomic mass is 35.5. The third-order valence-corrected chi connectivity index (χ3v) is 6.82. The normalized spacial score (nSPS) is 11.9. The summed E-state index contributed by atoms with van der Waals surface area (Å²) in [7, 11) is -0.714. The van der Waals surface area contributed by atoms with E-state index in [0.717, 1.165) is 11.3 Å². The predicted octanol–water partition coefficient (Wildman–Crippen LogP) is 3.53. The maximum Gasteiger partial charge on any atom is 0.206 e. The topological polar surface area (TPSA) is 94.1 Å². The van der Waals surface area contributed by atoms with Gasteiger partial charge in [0.1, 0.15) is 18.5 Å². The smallest absolute Gasteiger partial charge is 0.206 e. The van der Waals surface area contributed by atoms with Gasteiger partial charge >= 0.3 is 0 Å². The first-order valence-corrected chi connectivity index (χ1v) is 12.0. The van der Waals surface area contributed by atoms with Crippen LogP contribution >= 0.6 is 12.4 Å². The number of nitrogens with one attached hydrogen (secondary N) is 1. The summed E-state index contributed by atoms with van der Waals surface area (Å²) in [5.74, 6) is 1.55. The summed E-state index contributed by atoms with van der Waals surface area (Å²) >= 11 is 0. The lowest BCUT2D eigenvalue weighted by Crippen LogP contribution is -2.32. The standard InChI is InChI=1S/C25H29NO6S.ClH/c1-30-24-13-12-23(16-25(24)31-2)33(28,29)22-10-8-19(9-11-22)14-15-26-17-20(27)18-32-21-6-4-3-5-7-21;/h3-13,16,20,26-27H,14-15,17-18H2,1-2H3;1H. The maximum absolute atomic E-state index is 13.0. The summed E-state index contributed by atoms with van der Waals surface area (Å²) in [6, 6.07) is 20.7. The fourth-order valence-electron chi connectivity index (χ4n) is 3.22. The average molecular weight is 508 g/mol. The van der Waals surface area contributed by atoms with Gasteiger partial charge in [0.25, 0.3) is 0 Å². The Morgan fingerprint density at radius 2 is 1.53 bits per heavy atom. The SMILES string of the molecule is COc1ccc(S(=O)(=O)c2ccc(CCNCC(O)COc3ccccc3)cc2)cc1OC.Cl. The molecule has 0 aromatic heterocycles. The molecule has 0 bridgehead atoms. The van der Waals surface area contributed by atoms with Gasteiger partial charge in [-0.3, -0.25) is 0 Å². The molecule has 9 heteroatoms. The number of rotatable bonds is 12. The van der Waals surface area contributed by atoms with Crippen molar-refractivity contribution < 1.29 is 27.7 Å². The van der Waals surface area contributed by atoms with Crippen molar-refractivity contribution in [2.24, 2.45) is 0 Å². The Balaban J connectivity index is 0.00000408. The van der Waals surface area contributed by atoms with E-state index in [2.05, 4.69) is 5.32 Å². The number of ether oxygens (including phenoxy) is 3. The van der Waals surface area contributed by atoms with Gasteiger partial charge in [0.05, 0.1) is 24.0 Å². The Hall–Kier alpha value is -2.78. The first-order chi connectivity index (χ1) is 15.9. The van der Waals surface area contributed by atoms with Crippen LogP contribution in [0.2, 0.25) is 0 Å². The van der Waals surface area contributed by atoms with Crippen molar-refractivity contribution in [2.75, 3.05) is 33.9 Å². The first-order valence-electron chi connectivity index (χ1n) is 10.6. The van der Waals surface area contributed by atoms with Gasteiger partial charge in [-0.25, -0.2) is 8.42 Å². The molecule has 3 aromatic carbocycles. The molecule has 184 valence electrons. The molecule has 0 aliphatic rings. The van der Waals surface area contributed by atoms with E-state index >= 15 is 0 Å². The molecule has 0 saturated heterocycles. The van der Waals surface area contributed by atoms with Gasteiger partial charge in [0.2, 0.25) is 9.84 Å². The maximum atomic E-state index is 13.0. The molecule has 1 atom stereocenters. The zero-order valence-electron chi connectivity index (χ0n) is 19.1. The van der Waals surface area contributed by atoms with Crippen LogP contribution in [-0.2, 0) is 16.3 Å². The summed E-state index contributed by atoms with van der Waals surface area (Å²) in [6.07, 6.45) is 0.0716. The highest BCUT2D eigenvalue weighted by Crippen LogP contribution is 2.31. The highest BCUT2D eigenvalue weighted by molar-refractivity contribution is 7.91. The van der Waals surface area contributed by atoms with Crippen molar-refractivity contribution in [3.8, 4) is 17.2 Å². The molecule has 0 spiro atoms. The van der Waals surface area contributed by atoms with Gasteiger partial charge in [0.15, 0.2) is 11.5 Å². The van der Waals surface area contributed by atoms with Crippen LogP contribution in [0, 0.1) is 0 Å². The monoisotopic (exact) mass is 507 g/mol. The minimum absolute atomic E-state index is 0. The van der Waals surface area contributed by atoms with E-state index in [1.807, 2.05) is 30.3 Å². The molecule has 0 aliphatic carbocycles. The second-order valence-electron chi connectivity index (χ2n) is 7.40. The van der Waals surface area contributed by atoms with Gasteiger partial charge in [-0.05, 0) is 54.9 Å². The van der Waals surface area contributed by atoms with E-state index in [1.165, 1.54) is 26.4 Å². The van der Waals surface area contributed by atoms with Crippen molar-refractivity contribution in [1.82, 2.24) is 5.32 Å². The van der Waals surface area contributed by atoms with Gasteiger partial charge in [0, 0.05) is 12.6 Å². The molecule has 0 saturated carbocycles. The highest BCUT2D eigenvalue weighted by Gasteiger charge is 2.19. The Labute approximate surface area is 207 Å². The number of sulfone groups is 1. The zero-order valence-corrected chi connectivity index (χ0v) is 20.8. The Kier molecular flexibility index (Phi) is 10.7. The minimum Gasteiger partial charge on any atom is -0.493 e. The fraction of sp³-hybridized carbons (Fsp3) is 0.280. The van der Waals surface area contributed by atoms with Crippen molar-refractivity contribution in [3.05, 3.63) is 78.4 Å². The molecule has 34 heavy (non-hydrogen) atoms. The second-order valence-corrected chi connectivity index (χ2v) is 9.35. The lowest BCUT2D eigenvalue weighted by molar-refractivity contribution is 0.106. The van der Waals surface area contributed by atoms with E-state index in [1.54, 1.807) is 30.3 Å². The molecule has 0 amide bonds. The van der Waals surface area contributed by atoms with E-state index in [4.69, 9.17) is 14.2 Å². The van der Waals surface area contributed by atoms with Gasteiger partial charge in [-0.15, -0.1) is 12.4 Å². The van der Waals surface area contributed by atoms with Crippen molar-refractivity contribution >= 4 is 22.2 Å². The number of hydrogen-bond acceptors (Lipinski definition) is 7. The van der Waals surface area contributed by atoms with Crippen molar-refractivity contribution in [2.45, 2.75) is 22.3 Å². The first kappa shape index (κ1) is 27.5. The number of methoxy groups -OCH3 is 2. The summed E-state index contributed by atoms with van der Waals surface area (Å²) in [4.78, 5) is 0.348. The Bertz CT molecular complexity index is 1120. The molecule has 0 fully saturated rings. The third-order valence-electron chi connectivity index (χ3n) is 5.05. The number of para-hydroxylation sites is 1. The molecule has 2 N–H and O–H groups in total. The van der Waals surface area contributed by atoms with Crippen molar-refractivity contribution in [3.63, 3.8) is 0 Å². The Morgan fingerprint density at radius 1 is 0.882 bits per heavy atom. The fourth-order valence-corrected chi connectivity index (χ4v) is 4.50. The summed E-state index contributed by atoms with van der Waals surface area (Å²) < 4.78 is 41.8. The van der Waals surface area contributed by atoms with E-state index < -0.39 is 15.9 Å². The zero-order chi connectivity index (χ0) is 23.7. The molecule has 0 heterocycles. The van der Waals surface area contributed by atoms with Crippen LogP contribution in [0.1, 0.15) is 5.56 Å². The average Bonchev–Trinajstić information content (AvgIpc) is 2.85. The number of hydrogen-bond donors (Lipinski definition) is 2. The third kappa shape index (κ3) is 7.36. The van der Waals surface area contributed by atoms with Crippen LogP contribution in [-0.4, -0.2) is 53.5 Å². The van der Waals surface area contributed by atoms with E-state index in [9.17, 15) is 13.5 Å². The van der Waals surface area contributed by atoms with Crippen LogP contribution in [0.15, 0.2) is 82.6 Å². The predicted molar refractivity (Wildman–Crippen MR) is 133 cm³/mol. The van der Waals surface area contributed by atoms with Crippen molar-refractivity contribution in [1.29, 1.82) is 0 Å². The quantitative estimate of drug-likeness (QED) is 0.362. The van der Waals surface area contributed by atoms with Gasteiger partial charge in [-0.1, -0.05) is 30.3 Å². The number of aliphatic hydroxyl groups is 1. The summed E-state index contributed by atoms with van der Waals surface area (Å²) in [6.45, 7) is 1.25. The number of halogens is 1. The summed E-state index contributed by atoms with van der Waals surface area (Å²) in [5.41, 5.74) is 0.990. The van der Waals surface area contributed by atoms with Crippen LogP contribution in [0.25, 0.3) is 0 Å². The number of benzene rings is 3.